The summed E-state index contributed by atoms with van der Waals surface area (Å²) in [4.78, 5) is 12.9. The molecule has 1 aliphatic heterocycles. The second-order valence-electron chi connectivity index (χ2n) is 13.7. The van der Waals surface area contributed by atoms with Gasteiger partial charge in [0.1, 0.15) is 24.4 Å². The summed E-state index contributed by atoms with van der Waals surface area (Å²) in [6.45, 7) is 3.56. The maximum atomic E-state index is 12.9. The summed E-state index contributed by atoms with van der Waals surface area (Å²) in [5.41, 5.74) is 0. The fourth-order valence-corrected chi connectivity index (χ4v) is 5.68. The van der Waals surface area contributed by atoms with Gasteiger partial charge in [-0.05, 0) is 70.6 Å². The first-order valence-corrected chi connectivity index (χ1v) is 20.3. The Morgan fingerprint density at radius 2 is 1.17 bits per heavy atom. The number of ether oxygens (including phenoxy) is 2. The highest BCUT2D eigenvalue weighted by atomic mass is 16.7. The molecular formula is C44H73NO8. The predicted molar refractivity (Wildman–Crippen MR) is 216 cm³/mol. The second-order valence-corrected chi connectivity index (χ2v) is 13.7. The monoisotopic (exact) mass is 744 g/mol. The fraction of sp³-hybridized carbons (Fsp3) is 0.659. The third-order valence-corrected chi connectivity index (χ3v) is 8.98. The van der Waals surface area contributed by atoms with Gasteiger partial charge >= 0.3 is 0 Å². The van der Waals surface area contributed by atoms with E-state index in [9.17, 15) is 30.3 Å². The Bertz CT molecular complexity index is 1090. The van der Waals surface area contributed by atoms with Gasteiger partial charge in [-0.15, -0.1) is 0 Å². The van der Waals surface area contributed by atoms with Crippen LogP contribution in [0.4, 0.5) is 0 Å². The van der Waals surface area contributed by atoms with Gasteiger partial charge in [0.15, 0.2) is 6.29 Å². The van der Waals surface area contributed by atoms with E-state index >= 15 is 0 Å². The van der Waals surface area contributed by atoms with Gasteiger partial charge in [0.05, 0.1) is 25.4 Å². The number of aliphatic hydroxyl groups is 5. The Morgan fingerprint density at radius 3 is 1.74 bits per heavy atom. The molecule has 9 heteroatoms. The van der Waals surface area contributed by atoms with Crippen molar-refractivity contribution in [3.63, 3.8) is 0 Å². The van der Waals surface area contributed by atoms with E-state index < -0.39 is 49.5 Å². The summed E-state index contributed by atoms with van der Waals surface area (Å²) >= 11 is 0. The minimum atomic E-state index is -1.58. The van der Waals surface area contributed by atoms with Crippen molar-refractivity contribution in [2.75, 3.05) is 13.2 Å². The minimum absolute atomic E-state index is 0.212. The van der Waals surface area contributed by atoms with E-state index in [1.165, 1.54) is 32.1 Å². The molecule has 0 saturated carbocycles. The zero-order chi connectivity index (χ0) is 38.8. The van der Waals surface area contributed by atoms with Crippen molar-refractivity contribution in [3.05, 3.63) is 85.1 Å². The molecule has 0 spiro atoms. The van der Waals surface area contributed by atoms with Crippen molar-refractivity contribution < 1.29 is 39.8 Å². The second kappa shape index (κ2) is 33.9. The van der Waals surface area contributed by atoms with E-state index in [-0.39, 0.29) is 18.9 Å². The number of hydrogen-bond acceptors (Lipinski definition) is 8. The van der Waals surface area contributed by atoms with Crippen molar-refractivity contribution in [3.8, 4) is 0 Å². The molecule has 6 N–H and O–H groups in total. The first-order valence-electron chi connectivity index (χ1n) is 20.3. The Hall–Kier alpha value is -2.63. The average molecular weight is 744 g/mol. The lowest BCUT2D eigenvalue weighted by Crippen LogP contribution is -2.60. The number of hydrogen-bond donors (Lipinski definition) is 6. The van der Waals surface area contributed by atoms with Crippen LogP contribution in [0.1, 0.15) is 129 Å². The zero-order valence-electron chi connectivity index (χ0n) is 32.7. The molecule has 9 nitrogen and oxygen atoms in total. The molecule has 0 aromatic carbocycles. The van der Waals surface area contributed by atoms with Crippen LogP contribution in [-0.4, -0.2) is 87.5 Å². The van der Waals surface area contributed by atoms with Gasteiger partial charge in [0.25, 0.3) is 0 Å². The minimum Gasteiger partial charge on any atom is -0.394 e. The van der Waals surface area contributed by atoms with Crippen LogP contribution in [0.5, 0.6) is 0 Å². The van der Waals surface area contributed by atoms with Crippen LogP contribution in [0.3, 0.4) is 0 Å². The first kappa shape index (κ1) is 48.4. The third kappa shape index (κ3) is 25.1. The topological polar surface area (TPSA) is 149 Å². The van der Waals surface area contributed by atoms with Gasteiger partial charge in [0, 0.05) is 6.42 Å². The van der Waals surface area contributed by atoms with Gasteiger partial charge in [-0.25, -0.2) is 0 Å². The highest BCUT2D eigenvalue weighted by Gasteiger charge is 2.44. The van der Waals surface area contributed by atoms with Gasteiger partial charge in [-0.2, -0.15) is 0 Å². The molecule has 7 atom stereocenters. The molecule has 1 aliphatic rings. The van der Waals surface area contributed by atoms with Crippen molar-refractivity contribution in [2.24, 2.45) is 0 Å². The fourth-order valence-electron chi connectivity index (χ4n) is 5.68. The molecule has 1 rings (SSSR count). The van der Waals surface area contributed by atoms with E-state index in [1.807, 2.05) is 6.08 Å². The summed E-state index contributed by atoms with van der Waals surface area (Å²) in [6, 6.07) is -0.830. The number of carbonyl (C=O) groups is 1. The Morgan fingerprint density at radius 1 is 0.660 bits per heavy atom. The lowest BCUT2D eigenvalue weighted by atomic mass is 9.99. The molecule has 0 radical (unpaired) electrons. The first-order chi connectivity index (χ1) is 25.8. The number of amides is 1. The van der Waals surface area contributed by atoms with Gasteiger partial charge in [-0.3, -0.25) is 4.79 Å². The summed E-state index contributed by atoms with van der Waals surface area (Å²) in [7, 11) is 0. The quantitative estimate of drug-likeness (QED) is 0.0314. The Balaban J connectivity index is 2.42. The van der Waals surface area contributed by atoms with Gasteiger partial charge < -0.3 is 40.3 Å². The average Bonchev–Trinajstić information content (AvgIpc) is 3.16. The van der Waals surface area contributed by atoms with E-state index in [0.29, 0.717) is 6.42 Å². The van der Waals surface area contributed by atoms with E-state index in [0.717, 1.165) is 70.6 Å². The highest BCUT2D eigenvalue weighted by Crippen LogP contribution is 2.22. The number of carbonyl (C=O) groups excluding carboxylic acids is 1. The van der Waals surface area contributed by atoms with Crippen LogP contribution in [0.2, 0.25) is 0 Å². The number of unbranched alkanes of at least 4 members (excludes halogenated alkanes) is 9. The number of nitrogens with one attached hydrogen (secondary N) is 1. The molecule has 7 unspecified atom stereocenters. The number of rotatable bonds is 31. The van der Waals surface area contributed by atoms with Gasteiger partial charge in [0.2, 0.25) is 5.91 Å². The molecule has 302 valence electrons. The van der Waals surface area contributed by atoms with E-state index in [2.05, 4.69) is 92.1 Å². The summed E-state index contributed by atoms with van der Waals surface area (Å²) in [5.74, 6) is -0.227. The zero-order valence-corrected chi connectivity index (χ0v) is 32.7. The highest BCUT2D eigenvalue weighted by molar-refractivity contribution is 5.76. The molecule has 0 bridgehead atoms. The van der Waals surface area contributed by atoms with E-state index in [4.69, 9.17) is 9.47 Å². The molecule has 0 aromatic rings. The standard InChI is InChI=1S/C44H73NO8/c1-3-5-7-9-11-13-14-15-16-17-18-19-20-21-22-23-24-26-28-30-32-34-40(48)45-37(38(47)33-31-29-27-25-12-10-8-6-4-2)36-52-44-43(51)42(50)41(49)39(35-46)53-44/h5,7,11,13,15-16,18-19,21-22,24,26,31,33,37-39,41-44,46-47,49-51H,3-4,6,8-10,12,14,17,20,23,25,27-30,32,34-36H2,1-2H3,(H,45,48)/b7-5-,13-11-,16-15-,19-18-,22-21-,26-24-,33-31+. The van der Waals surface area contributed by atoms with Crippen molar-refractivity contribution in [1.82, 2.24) is 5.32 Å². The number of allylic oxidation sites excluding steroid dienone is 13. The van der Waals surface area contributed by atoms with Crippen molar-refractivity contribution >= 4 is 5.91 Å². The van der Waals surface area contributed by atoms with Crippen LogP contribution in [0, 0.1) is 0 Å². The molecule has 1 heterocycles. The lowest BCUT2D eigenvalue weighted by molar-refractivity contribution is -0.302. The predicted octanol–water partition coefficient (Wildman–Crippen LogP) is 7.60. The van der Waals surface area contributed by atoms with Crippen LogP contribution in [0.25, 0.3) is 0 Å². The molecule has 0 aromatic heterocycles. The van der Waals surface area contributed by atoms with Crippen molar-refractivity contribution in [2.45, 2.75) is 172 Å². The SMILES string of the molecule is CC/C=C\C/C=C\C/C=C\C/C=C\C/C=C\C/C=C\CCCCC(=O)NC(COC1OC(CO)C(O)C(O)C1O)C(O)/C=C/CCCCCCCCC. The summed E-state index contributed by atoms with van der Waals surface area (Å²) in [6.07, 6.45) is 39.2. The third-order valence-electron chi connectivity index (χ3n) is 8.98. The maximum Gasteiger partial charge on any atom is 0.220 e. The molecule has 1 amide bonds. The number of aliphatic hydroxyl groups excluding tert-OH is 5. The largest absolute Gasteiger partial charge is 0.394 e. The normalized spacial score (nSPS) is 22.6. The van der Waals surface area contributed by atoms with Crippen molar-refractivity contribution in [1.29, 1.82) is 0 Å². The lowest BCUT2D eigenvalue weighted by Gasteiger charge is -2.40. The Labute approximate surface area is 321 Å². The molecule has 53 heavy (non-hydrogen) atoms. The van der Waals surface area contributed by atoms with Crippen LogP contribution in [-0.2, 0) is 14.3 Å². The van der Waals surface area contributed by atoms with Crippen LogP contribution >= 0.6 is 0 Å². The molecular weight excluding hydrogens is 670 g/mol. The van der Waals surface area contributed by atoms with E-state index in [1.54, 1.807) is 6.08 Å². The Kier molecular flexibility index (Phi) is 31.0. The van der Waals surface area contributed by atoms with Crippen LogP contribution < -0.4 is 5.32 Å². The molecule has 0 aliphatic carbocycles. The van der Waals surface area contributed by atoms with Crippen LogP contribution in [0.15, 0.2) is 85.1 Å². The summed E-state index contributed by atoms with van der Waals surface area (Å²) < 4.78 is 11.1. The smallest absolute Gasteiger partial charge is 0.220 e. The van der Waals surface area contributed by atoms with Gasteiger partial charge in [-0.1, -0.05) is 137 Å². The summed E-state index contributed by atoms with van der Waals surface area (Å²) in [5, 5.41) is 53.8. The maximum absolute atomic E-state index is 12.9. The molecule has 1 saturated heterocycles. The molecule has 1 fully saturated rings.